The minimum Gasteiger partial charge on any atom is -0.396 e. The monoisotopic (exact) mass is 266 g/mol. The van der Waals surface area contributed by atoms with Gasteiger partial charge in [0.25, 0.3) is 0 Å². The van der Waals surface area contributed by atoms with Crippen molar-refractivity contribution in [3.63, 3.8) is 0 Å². The molecule has 0 saturated carbocycles. The molecular weight excluding hydrogens is 240 g/mol. The van der Waals surface area contributed by atoms with Crippen LogP contribution in [0.25, 0.3) is 0 Å². The van der Waals surface area contributed by atoms with Crippen LogP contribution in [-0.2, 0) is 0 Å². The second-order valence-electron chi connectivity index (χ2n) is 5.79. The standard InChI is InChI=1S/C14H26N4O/c1-6-15-12-9-13(17-10(2)16-12)18-11(7-8-19)14(3,4)5/h9,11,19H,6-8H2,1-5H3,(H2,15,16,17,18). The van der Waals surface area contributed by atoms with Crippen molar-refractivity contribution in [2.75, 3.05) is 23.8 Å². The second-order valence-corrected chi connectivity index (χ2v) is 5.79. The van der Waals surface area contributed by atoms with Gasteiger partial charge in [0.2, 0.25) is 0 Å². The molecule has 0 aromatic carbocycles. The molecule has 1 heterocycles. The van der Waals surface area contributed by atoms with Gasteiger partial charge in [-0.1, -0.05) is 20.8 Å². The van der Waals surface area contributed by atoms with Gasteiger partial charge >= 0.3 is 0 Å². The molecule has 19 heavy (non-hydrogen) atoms. The summed E-state index contributed by atoms with van der Waals surface area (Å²) in [4.78, 5) is 8.74. The Hall–Kier alpha value is -1.36. The van der Waals surface area contributed by atoms with Crippen molar-refractivity contribution in [3.05, 3.63) is 11.9 Å². The maximum absolute atomic E-state index is 9.19. The summed E-state index contributed by atoms with van der Waals surface area (Å²) in [6.07, 6.45) is 0.698. The van der Waals surface area contributed by atoms with E-state index in [1.165, 1.54) is 0 Å². The molecule has 3 N–H and O–H groups in total. The maximum Gasteiger partial charge on any atom is 0.132 e. The summed E-state index contributed by atoms with van der Waals surface area (Å²) >= 11 is 0. The summed E-state index contributed by atoms with van der Waals surface area (Å²) in [5, 5.41) is 15.8. The lowest BCUT2D eigenvalue weighted by molar-refractivity contribution is 0.235. The zero-order chi connectivity index (χ0) is 14.5. The molecule has 0 spiro atoms. The molecule has 1 unspecified atom stereocenters. The van der Waals surface area contributed by atoms with Crippen molar-refractivity contribution < 1.29 is 5.11 Å². The Morgan fingerprint density at radius 3 is 2.42 bits per heavy atom. The van der Waals surface area contributed by atoms with Crippen molar-refractivity contribution in [2.45, 2.75) is 47.1 Å². The molecule has 1 aromatic rings. The van der Waals surface area contributed by atoms with Gasteiger partial charge in [0, 0.05) is 25.3 Å². The molecule has 1 rings (SSSR count). The minimum atomic E-state index is 0.0555. The van der Waals surface area contributed by atoms with Crippen molar-refractivity contribution in [1.82, 2.24) is 9.97 Å². The third-order valence-electron chi connectivity index (χ3n) is 2.98. The first-order chi connectivity index (χ1) is 8.86. The summed E-state index contributed by atoms with van der Waals surface area (Å²) in [6.45, 7) is 11.4. The van der Waals surface area contributed by atoms with Crippen molar-refractivity contribution in [2.24, 2.45) is 5.41 Å². The molecule has 0 amide bonds. The zero-order valence-electron chi connectivity index (χ0n) is 12.6. The van der Waals surface area contributed by atoms with Crippen LogP contribution in [0.2, 0.25) is 0 Å². The van der Waals surface area contributed by atoms with E-state index < -0.39 is 0 Å². The molecule has 0 aliphatic carbocycles. The van der Waals surface area contributed by atoms with Gasteiger partial charge in [0.15, 0.2) is 0 Å². The second kappa shape index (κ2) is 6.70. The Kier molecular flexibility index (Phi) is 5.54. The van der Waals surface area contributed by atoms with E-state index in [-0.39, 0.29) is 18.1 Å². The Morgan fingerprint density at radius 1 is 1.26 bits per heavy atom. The first-order valence-electron chi connectivity index (χ1n) is 6.83. The topological polar surface area (TPSA) is 70.1 Å². The molecule has 1 aromatic heterocycles. The van der Waals surface area contributed by atoms with Crippen LogP contribution in [0.15, 0.2) is 6.07 Å². The molecule has 0 radical (unpaired) electrons. The number of rotatable bonds is 6. The summed E-state index contributed by atoms with van der Waals surface area (Å²) in [5.41, 5.74) is 0.0555. The van der Waals surface area contributed by atoms with Gasteiger partial charge in [-0.05, 0) is 25.7 Å². The number of hydrogen-bond acceptors (Lipinski definition) is 5. The predicted octanol–water partition coefficient (Wildman–Crippen LogP) is 2.43. The van der Waals surface area contributed by atoms with Crippen LogP contribution in [0.5, 0.6) is 0 Å². The Labute approximate surface area is 115 Å². The summed E-state index contributed by atoms with van der Waals surface area (Å²) in [5.74, 6) is 2.36. The first-order valence-corrected chi connectivity index (χ1v) is 6.83. The van der Waals surface area contributed by atoms with Gasteiger partial charge in [-0.2, -0.15) is 0 Å². The maximum atomic E-state index is 9.19. The van der Waals surface area contributed by atoms with Crippen LogP contribution in [-0.4, -0.2) is 34.3 Å². The Bertz CT molecular complexity index is 401. The average molecular weight is 266 g/mol. The molecule has 0 aliphatic rings. The van der Waals surface area contributed by atoms with Crippen LogP contribution in [0.4, 0.5) is 11.6 Å². The van der Waals surface area contributed by atoms with Crippen LogP contribution < -0.4 is 10.6 Å². The quantitative estimate of drug-likeness (QED) is 0.737. The number of aliphatic hydroxyl groups is 1. The predicted molar refractivity (Wildman–Crippen MR) is 79.5 cm³/mol. The molecule has 108 valence electrons. The summed E-state index contributed by atoms with van der Waals surface area (Å²) < 4.78 is 0. The molecule has 0 saturated heterocycles. The van der Waals surface area contributed by atoms with Crippen molar-refractivity contribution in [3.8, 4) is 0 Å². The minimum absolute atomic E-state index is 0.0555. The van der Waals surface area contributed by atoms with Gasteiger partial charge < -0.3 is 15.7 Å². The third-order valence-corrected chi connectivity index (χ3v) is 2.98. The largest absolute Gasteiger partial charge is 0.396 e. The van der Waals surface area contributed by atoms with Crippen molar-refractivity contribution >= 4 is 11.6 Å². The fourth-order valence-electron chi connectivity index (χ4n) is 1.94. The Balaban J connectivity index is 2.89. The van der Waals surface area contributed by atoms with E-state index in [0.29, 0.717) is 6.42 Å². The van der Waals surface area contributed by atoms with Gasteiger partial charge in [-0.15, -0.1) is 0 Å². The highest BCUT2D eigenvalue weighted by atomic mass is 16.3. The fraction of sp³-hybridized carbons (Fsp3) is 0.714. The molecule has 0 fully saturated rings. The zero-order valence-corrected chi connectivity index (χ0v) is 12.6. The van der Waals surface area contributed by atoms with E-state index in [1.54, 1.807) is 0 Å². The average Bonchev–Trinajstić information content (AvgIpc) is 2.27. The highest BCUT2D eigenvalue weighted by Gasteiger charge is 2.24. The molecular formula is C14H26N4O. The van der Waals surface area contributed by atoms with Crippen molar-refractivity contribution in [1.29, 1.82) is 0 Å². The molecule has 5 heteroatoms. The van der Waals surface area contributed by atoms with Crippen LogP contribution in [0.1, 0.15) is 39.9 Å². The molecule has 5 nitrogen and oxygen atoms in total. The van der Waals surface area contributed by atoms with E-state index in [9.17, 15) is 5.11 Å². The van der Waals surface area contributed by atoms with E-state index in [0.717, 1.165) is 24.0 Å². The molecule has 0 aliphatic heterocycles. The number of nitrogens with one attached hydrogen (secondary N) is 2. The SMILES string of the molecule is CCNc1cc(NC(CCO)C(C)(C)C)nc(C)n1. The number of aryl methyl sites for hydroxylation is 1. The number of anilines is 2. The van der Waals surface area contributed by atoms with Gasteiger partial charge in [-0.3, -0.25) is 0 Å². The van der Waals surface area contributed by atoms with E-state index in [4.69, 9.17) is 0 Å². The number of nitrogens with zero attached hydrogens (tertiary/aromatic N) is 2. The highest BCUT2D eigenvalue weighted by molar-refractivity contribution is 5.48. The summed E-state index contributed by atoms with van der Waals surface area (Å²) in [7, 11) is 0. The first kappa shape index (κ1) is 15.7. The van der Waals surface area contributed by atoms with E-state index >= 15 is 0 Å². The van der Waals surface area contributed by atoms with E-state index in [2.05, 4.69) is 41.4 Å². The molecule has 1 atom stereocenters. The summed E-state index contributed by atoms with van der Waals surface area (Å²) in [6, 6.07) is 2.08. The smallest absolute Gasteiger partial charge is 0.132 e. The lowest BCUT2D eigenvalue weighted by atomic mass is 9.85. The van der Waals surface area contributed by atoms with Crippen LogP contribution in [0, 0.1) is 12.3 Å². The van der Waals surface area contributed by atoms with Gasteiger partial charge in [0.1, 0.15) is 17.5 Å². The van der Waals surface area contributed by atoms with Crippen LogP contribution in [0.3, 0.4) is 0 Å². The van der Waals surface area contributed by atoms with E-state index in [1.807, 2.05) is 19.9 Å². The normalized spacial score (nSPS) is 13.2. The molecule has 0 bridgehead atoms. The van der Waals surface area contributed by atoms with Gasteiger partial charge in [-0.25, -0.2) is 9.97 Å². The highest BCUT2D eigenvalue weighted by Crippen LogP contribution is 2.25. The third kappa shape index (κ3) is 5.03. The number of hydrogen-bond donors (Lipinski definition) is 3. The lowest BCUT2D eigenvalue weighted by Gasteiger charge is -2.31. The Morgan fingerprint density at radius 2 is 1.89 bits per heavy atom. The van der Waals surface area contributed by atoms with Gasteiger partial charge in [0.05, 0.1) is 0 Å². The van der Waals surface area contributed by atoms with Crippen LogP contribution >= 0.6 is 0 Å². The lowest BCUT2D eigenvalue weighted by Crippen LogP contribution is -2.35. The number of aromatic nitrogens is 2. The fourth-order valence-corrected chi connectivity index (χ4v) is 1.94. The number of aliphatic hydroxyl groups excluding tert-OH is 1.